The van der Waals surface area contributed by atoms with Crippen molar-refractivity contribution < 1.29 is 9.84 Å². The standard InChI is InChI=1S/C25H20N2O.C4H8.CH4O/c1-16-7-3-5-9-21(16)26-18-12-13-20-24(15-18)28-17(2)11-14-23-25(20)19-8-4-6-10-22(19)27-23;1-3-4-2;1-2/h3-15,26-27H,2H2,1H3;3-4H,1-2H3;2H,1H3/b14-11-;4-3-;. The first kappa shape index (κ1) is 24.6. The van der Waals surface area contributed by atoms with Crippen molar-refractivity contribution in [3.8, 4) is 16.9 Å². The average Bonchev–Trinajstić information content (AvgIpc) is 3.23. The molecule has 1 aromatic heterocycles. The molecule has 0 saturated heterocycles. The van der Waals surface area contributed by atoms with Crippen molar-refractivity contribution in [3.05, 3.63) is 109 Å². The number of fused-ring (bicyclic) bond motifs is 5. The highest BCUT2D eigenvalue weighted by molar-refractivity contribution is 6.02. The van der Waals surface area contributed by atoms with Crippen LogP contribution in [0.2, 0.25) is 0 Å². The maximum absolute atomic E-state index is 7.00. The molecule has 0 saturated carbocycles. The molecular weight excluding hydrogens is 420 g/mol. The summed E-state index contributed by atoms with van der Waals surface area (Å²) >= 11 is 0. The van der Waals surface area contributed by atoms with E-state index in [4.69, 9.17) is 9.84 Å². The number of hydrogen-bond acceptors (Lipinski definition) is 3. The van der Waals surface area contributed by atoms with Crippen molar-refractivity contribution in [2.75, 3.05) is 12.4 Å². The normalized spacial score (nSPS) is 12.7. The lowest BCUT2D eigenvalue weighted by Gasteiger charge is -2.17. The Hall–Kier alpha value is -4.02. The van der Waals surface area contributed by atoms with Gasteiger partial charge >= 0.3 is 0 Å². The number of H-pyrrole nitrogens is 1. The fourth-order valence-corrected chi connectivity index (χ4v) is 3.69. The molecule has 0 radical (unpaired) electrons. The second-order valence-corrected chi connectivity index (χ2v) is 7.68. The number of aliphatic hydroxyl groups excluding tert-OH is 1. The molecule has 0 atom stereocenters. The Morgan fingerprint density at radius 2 is 1.62 bits per heavy atom. The molecule has 3 aromatic carbocycles. The van der Waals surface area contributed by atoms with Gasteiger partial charge in [-0.1, -0.05) is 55.1 Å². The van der Waals surface area contributed by atoms with Gasteiger partial charge in [0.25, 0.3) is 0 Å². The minimum atomic E-state index is 0.610. The molecule has 0 spiro atoms. The van der Waals surface area contributed by atoms with Crippen molar-refractivity contribution in [1.82, 2.24) is 4.98 Å². The number of benzene rings is 3. The second kappa shape index (κ2) is 11.7. The summed E-state index contributed by atoms with van der Waals surface area (Å²) in [5.41, 5.74) is 7.63. The molecule has 1 aliphatic rings. The van der Waals surface area contributed by atoms with Crippen LogP contribution in [0.1, 0.15) is 25.1 Å². The van der Waals surface area contributed by atoms with Gasteiger partial charge in [-0.15, -0.1) is 0 Å². The third kappa shape index (κ3) is 5.48. The Bertz CT molecular complexity index is 1320. The van der Waals surface area contributed by atoms with Gasteiger partial charge in [-0.2, -0.15) is 0 Å². The molecule has 2 heterocycles. The van der Waals surface area contributed by atoms with Crippen LogP contribution in [-0.2, 0) is 0 Å². The van der Waals surface area contributed by atoms with Crippen molar-refractivity contribution in [2.24, 2.45) is 0 Å². The van der Waals surface area contributed by atoms with E-state index >= 15 is 0 Å². The predicted octanol–water partition coefficient (Wildman–Crippen LogP) is 8.00. The number of ether oxygens (including phenoxy) is 1. The monoisotopic (exact) mass is 452 g/mol. The molecule has 0 bridgehead atoms. The van der Waals surface area contributed by atoms with Crippen LogP contribution in [0.15, 0.2) is 97.3 Å². The fraction of sp³-hybridized carbons (Fsp3) is 0.133. The zero-order valence-electron chi connectivity index (χ0n) is 20.2. The number of aryl methyl sites for hydroxylation is 1. The Morgan fingerprint density at radius 1 is 0.912 bits per heavy atom. The molecule has 0 aliphatic carbocycles. The van der Waals surface area contributed by atoms with Gasteiger partial charge < -0.3 is 20.1 Å². The van der Waals surface area contributed by atoms with E-state index < -0.39 is 0 Å². The largest absolute Gasteiger partial charge is 0.457 e. The maximum atomic E-state index is 7.00. The van der Waals surface area contributed by atoms with Crippen LogP contribution in [0, 0.1) is 6.92 Å². The summed E-state index contributed by atoms with van der Waals surface area (Å²) in [5.74, 6) is 1.40. The first-order valence-corrected chi connectivity index (χ1v) is 11.3. The highest BCUT2D eigenvalue weighted by Gasteiger charge is 2.18. The zero-order valence-corrected chi connectivity index (χ0v) is 20.2. The molecule has 4 nitrogen and oxygen atoms in total. The van der Waals surface area contributed by atoms with Gasteiger partial charge in [-0.25, -0.2) is 0 Å². The minimum Gasteiger partial charge on any atom is -0.457 e. The molecule has 4 aromatic rings. The number of nitrogens with one attached hydrogen (secondary N) is 2. The van der Waals surface area contributed by atoms with Crippen LogP contribution < -0.4 is 10.1 Å². The molecule has 174 valence electrons. The SMILES string of the molecule is C/C=C\C.C=C1/C=C\c2[nH]c3ccccc3c2-c2ccc(Nc3ccccc3C)cc2O1.CO. The number of aromatic nitrogens is 1. The van der Waals surface area contributed by atoms with E-state index in [-0.39, 0.29) is 0 Å². The van der Waals surface area contributed by atoms with Crippen LogP contribution in [0.25, 0.3) is 28.1 Å². The Balaban J connectivity index is 0.000000492. The topological polar surface area (TPSA) is 57.3 Å². The number of rotatable bonds is 2. The van der Waals surface area contributed by atoms with Gasteiger partial charge in [0.15, 0.2) is 0 Å². The number of aliphatic hydroxyl groups is 1. The van der Waals surface area contributed by atoms with Crippen LogP contribution in [0.5, 0.6) is 5.75 Å². The van der Waals surface area contributed by atoms with Gasteiger partial charge in [0.2, 0.25) is 0 Å². The van der Waals surface area contributed by atoms with Crippen LogP contribution >= 0.6 is 0 Å². The molecule has 0 unspecified atom stereocenters. The van der Waals surface area contributed by atoms with E-state index in [2.05, 4.69) is 66.3 Å². The summed E-state index contributed by atoms with van der Waals surface area (Å²) in [4.78, 5) is 3.51. The first-order valence-electron chi connectivity index (χ1n) is 11.3. The van der Waals surface area contributed by atoms with Gasteiger partial charge in [0, 0.05) is 52.3 Å². The summed E-state index contributed by atoms with van der Waals surface area (Å²) in [6, 6.07) is 22.8. The summed E-state index contributed by atoms with van der Waals surface area (Å²) < 4.78 is 6.09. The molecule has 4 heteroatoms. The smallest absolute Gasteiger partial charge is 0.137 e. The average molecular weight is 453 g/mol. The third-order valence-corrected chi connectivity index (χ3v) is 5.42. The summed E-state index contributed by atoms with van der Waals surface area (Å²) in [6.45, 7) is 10.1. The number of anilines is 2. The summed E-state index contributed by atoms with van der Waals surface area (Å²) in [6.07, 6.45) is 7.93. The third-order valence-electron chi connectivity index (χ3n) is 5.42. The van der Waals surface area contributed by atoms with E-state index in [1.807, 2.05) is 62.4 Å². The van der Waals surface area contributed by atoms with Crippen LogP contribution in [0.3, 0.4) is 0 Å². The zero-order chi connectivity index (χ0) is 24.5. The molecule has 34 heavy (non-hydrogen) atoms. The molecule has 0 fully saturated rings. The van der Waals surface area contributed by atoms with Gasteiger partial charge in [-0.05, 0) is 62.8 Å². The Kier molecular flexibility index (Phi) is 8.49. The van der Waals surface area contributed by atoms with Gasteiger partial charge in [0.1, 0.15) is 11.5 Å². The number of allylic oxidation sites excluding steroid dienone is 3. The lowest BCUT2D eigenvalue weighted by Crippen LogP contribution is -1.99. The minimum absolute atomic E-state index is 0.610. The lowest BCUT2D eigenvalue weighted by atomic mass is 9.99. The van der Waals surface area contributed by atoms with Gasteiger partial charge in [0.05, 0.1) is 0 Å². The van der Waals surface area contributed by atoms with E-state index in [0.717, 1.165) is 46.6 Å². The number of para-hydroxylation sites is 2. The highest BCUT2D eigenvalue weighted by atomic mass is 16.5. The van der Waals surface area contributed by atoms with Crippen molar-refractivity contribution >= 4 is 28.4 Å². The van der Waals surface area contributed by atoms with Crippen molar-refractivity contribution in [2.45, 2.75) is 20.8 Å². The van der Waals surface area contributed by atoms with Crippen LogP contribution in [-0.4, -0.2) is 17.2 Å². The first-order chi connectivity index (χ1) is 16.6. The van der Waals surface area contributed by atoms with E-state index in [1.165, 1.54) is 10.9 Å². The molecule has 1 aliphatic heterocycles. The van der Waals surface area contributed by atoms with E-state index in [0.29, 0.717) is 5.76 Å². The number of aromatic amines is 1. The fourth-order valence-electron chi connectivity index (χ4n) is 3.69. The predicted molar refractivity (Wildman–Crippen MR) is 146 cm³/mol. The number of hydrogen-bond donors (Lipinski definition) is 3. The van der Waals surface area contributed by atoms with Crippen molar-refractivity contribution in [3.63, 3.8) is 0 Å². The molecule has 3 N–H and O–H groups in total. The Morgan fingerprint density at radius 3 is 2.35 bits per heavy atom. The highest BCUT2D eigenvalue weighted by Crippen LogP contribution is 2.42. The van der Waals surface area contributed by atoms with Gasteiger partial charge in [-0.3, -0.25) is 0 Å². The molecular formula is C30H32N2O2. The quantitative estimate of drug-likeness (QED) is 0.270. The summed E-state index contributed by atoms with van der Waals surface area (Å²) in [7, 11) is 1.00. The molecule has 0 amide bonds. The van der Waals surface area contributed by atoms with Crippen molar-refractivity contribution in [1.29, 1.82) is 0 Å². The van der Waals surface area contributed by atoms with Crippen LogP contribution in [0.4, 0.5) is 11.4 Å². The van der Waals surface area contributed by atoms with E-state index in [9.17, 15) is 0 Å². The van der Waals surface area contributed by atoms with E-state index in [1.54, 1.807) is 0 Å². The maximum Gasteiger partial charge on any atom is 0.137 e. The second-order valence-electron chi connectivity index (χ2n) is 7.68. The lowest BCUT2D eigenvalue weighted by molar-refractivity contribution is 0.399. The molecule has 5 rings (SSSR count). The Labute approximate surface area is 201 Å². The summed E-state index contributed by atoms with van der Waals surface area (Å²) in [5, 5.41) is 11.7.